The third kappa shape index (κ3) is 5.07. The molecule has 1 fully saturated rings. The second kappa shape index (κ2) is 7.71. The SMILES string of the molecule is CC(C)C(=O)NNC(=O)C1CCN(c2ccc(C(F)(F)F)cn2)CC1. The monoisotopic (exact) mass is 358 g/mol. The van der Waals surface area contributed by atoms with Crippen LogP contribution in [-0.2, 0) is 15.8 Å². The van der Waals surface area contributed by atoms with Crippen molar-refractivity contribution >= 4 is 17.6 Å². The van der Waals surface area contributed by atoms with Crippen molar-refractivity contribution in [3.8, 4) is 0 Å². The smallest absolute Gasteiger partial charge is 0.357 e. The average molecular weight is 358 g/mol. The molecule has 0 aliphatic carbocycles. The first-order valence-electron chi connectivity index (χ1n) is 8.06. The number of halogens is 3. The molecule has 1 aliphatic rings. The lowest BCUT2D eigenvalue weighted by molar-refractivity contribution is -0.137. The number of carbonyl (C=O) groups is 2. The summed E-state index contributed by atoms with van der Waals surface area (Å²) < 4.78 is 37.7. The Balaban J connectivity index is 1.85. The lowest BCUT2D eigenvalue weighted by Gasteiger charge is -2.32. The number of carbonyl (C=O) groups excluding carboxylic acids is 2. The molecule has 2 amide bonds. The van der Waals surface area contributed by atoms with E-state index >= 15 is 0 Å². The van der Waals surface area contributed by atoms with Gasteiger partial charge in [-0.3, -0.25) is 20.4 Å². The van der Waals surface area contributed by atoms with Gasteiger partial charge >= 0.3 is 6.18 Å². The minimum Gasteiger partial charge on any atom is -0.357 e. The van der Waals surface area contributed by atoms with Gasteiger partial charge in [0.15, 0.2) is 0 Å². The van der Waals surface area contributed by atoms with Gasteiger partial charge in [-0.15, -0.1) is 0 Å². The van der Waals surface area contributed by atoms with Crippen LogP contribution in [0.1, 0.15) is 32.3 Å². The highest BCUT2D eigenvalue weighted by atomic mass is 19.4. The number of amides is 2. The van der Waals surface area contributed by atoms with Crippen LogP contribution in [0.3, 0.4) is 0 Å². The van der Waals surface area contributed by atoms with Gasteiger partial charge in [-0.25, -0.2) is 4.98 Å². The molecule has 6 nitrogen and oxygen atoms in total. The number of hydrogen-bond acceptors (Lipinski definition) is 4. The lowest BCUT2D eigenvalue weighted by atomic mass is 9.96. The van der Waals surface area contributed by atoms with Crippen molar-refractivity contribution < 1.29 is 22.8 Å². The van der Waals surface area contributed by atoms with Gasteiger partial charge in [0.1, 0.15) is 5.82 Å². The average Bonchev–Trinajstić information content (AvgIpc) is 2.58. The number of hydrogen-bond donors (Lipinski definition) is 2. The van der Waals surface area contributed by atoms with Crippen LogP contribution >= 0.6 is 0 Å². The van der Waals surface area contributed by atoms with Gasteiger partial charge in [-0.1, -0.05) is 13.8 Å². The van der Waals surface area contributed by atoms with E-state index in [1.807, 2.05) is 4.90 Å². The van der Waals surface area contributed by atoms with E-state index < -0.39 is 11.7 Å². The molecule has 2 rings (SSSR count). The number of anilines is 1. The maximum Gasteiger partial charge on any atom is 0.417 e. The summed E-state index contributed by atoms with van der Waals surface area (Å²) in [5.74, 6) is -0.542. The highest BCUT2D eigenvalue weighted by Crippen LogP contribution is 2.30. The van der Waals surface area contributed by atoms with E-state index in [4.69, 9.17) is 0 Å². The fraction of sp³-hybridized carbons (Fsp3) is 0.562. The summed E-state index contributed by atoms with van der Waals surface area (Å²) in [6, 6.07) is 2.34. The minimum absolute atomic E-state index is 0.229. The topological polar surface area (TPSA) is 74.3 Å². The van der Waals surface area contributed by atoms with Crippen molar-refractivity contribution in [2.24, 2.45) is 11.8 Å². The van der Waals surface area contributed by atoms with Crippen molar-refractivity contribution in [3.63, 3.8) is 0 Å². The highest BCUT2D eigenvalue weighted by molar-refractivity contribution is 5.84. The molecule has 0 spiro atoms. The largest absolute Gasteiger partial charge is 0.417 e. The normalized spacial score (nSPS) is 16.0. The molecule has 1 aromatic heterocycles. The zero-order chi connectivity index (χ0) is 18.6. The standard InChI is InChI=1S/C16H21F3N4O2/c1-10(2)14(24)21-22-15(25)11-5-7-23(8-6-11)13-4-3-12(9-20-13)16(17,18)19/h3-4,9-11H,5-8H2,1-2H3,(H,21,24)(H,22,25). The number of piperidine rings is 1. The molecule has 0 unspecified atom stereocenters. The van der Waals surface area contributed by atoms with Crippen molar-refractivity contribution in [2.75, 3.05) is 18.0 Å². The van der Waals surface area contributed by atoms with Crippen molar-refractivity contribution in [1.29, 1.82) is 0 Å². The third-order valence-corrected chi connectivity index (χ3v) is 4.10. The number of aromatic nitrogens is 1. The summed E-state index contributed by atoms with van der Waals surface area (Å²) in [4.78, 5) is 29.2. The molecule has 0 saturated carbocycles. The van der Waals surface area contributed by atoms with E-state index in [2.05, 4.69) is 15.8 Å². The molecule has 1 aliphatic heterocycles. The maximum atomic E-state index is 12.6. The zero-order valence-corrected chi connectivity index (χ0v) is 14.1. The minimum atomic E-state index is -4.41. The van der Waals surface area contributed by atoms with E-state index in [-0.39, 0.29) is 23.7 Å². The highest BCUT2D eigenvalue weighted by Gasteiger charge is 2.31. The van der Waals surface area contributed by atoms with Crippen LogP contribution in [0.25, 0.3) is 0 Å². The second-order valence-electron chi connectivity index (χ2n) is 6.30. The Hall–Kier alpha value is -2.32. The van der Waals surface area contributed by atoms with Crippen LogP contribution in [0.15, 0.2) is 18.3 Å². The summed E-state index contributed by atoms with van der Waals surface area (Å²) in [5, 5.41) is 0. The first-order chi connectivity index (χ1) is 11.7. The Labute approximate surface area is 143 Å². The van der Waals surface area contributed by atoms with Crippen LogP contribution in [0, 0.1) is 11.8 Å². The van der Waals surface area contributed by atoms with E-state index in [1.165, 1.54) is 6.07 Å². The molecular formula is C16H21F3N4O2. The number of rotatable bonds is 3. The lowest BCUT2D eigenvalue weighted by Crippen LogP contribution is -2.48. The van der Waals surface area contributed by atoms with Crippen molar-refractivity contribution in [1.82, 2.24) is 15.8 Å². The van der Waals surface area contributed by atoms with Gasteiger partial charge in [0, 0.05) is 31.1 Å². The van der Waals surface area contributed by atoms with Crippen LogP contribution in [0.5, 0.6) is 0 Å². The van der Waals surface area contributed by atoms with E-state index in [9.17, 15) is 22.8 Å². The van der Waals surface area contributed by atoms with Crippen LogP contribution in [0.4, 0.5) is 19.0 Å². The molecule has 0 radical (unpaired) electrons. The Morgan fingerprint density at radius 3 is 2.32 bits per heavy atom. The van der Waals surface area contributed by atoms with Crippen molar-refractivity contribution in [3.05, 3.63) is 23.9 Å². The number of hydrazine groups is 1. The zero-order valence-electron chi connectivity index (χ0n) is 14.1. The molecule has 2 heterocycles. The Bertz CT molecular complexity index is 609. The van der Waals surface area contributed by atoms with Crippen LogP contribution < -0.4 is 15.8 Å². The molecule has 138 valence electrons. The molecule has 0 bridgehead atoms. The Kier molecular flexibility index (Phi) is 5.86. The number of alkyl halides is 3. The Morgan fingerprint density at radius 1 is 1.20 bits per heavy atom. The molecular weight excluding hydrogens is 337 g/mol. The van der Waals surface area contributed by atoms with E-state index in [0.717, 1.165) is 12.3 Å². The van der Waals surface area contributed by atoms with Gasteiger partial charge in [0.25, 0.3) is 0 Å². The van der Waals surface area contributed by atoms with E-state index in [1.54, 1.807) is 13.8 Å². The molecule has 2 N–H and O–H groups in total. The number of nitrogens with one attached hydrogen (secondary N) is 2. The van der Waals surface area contributed by atoms with Gasteiger partial charge in [-0.2, -0.15) is 13.2 Å². The quantitative estimate of drug-likeness (QED) is 0.812. The molecule has 0 aromatic carbocycles. The number of nitrogens with zero attached hydrogens (tertiary/aromatic N) is 2. The predicted molar refractivity (Wildman–Crippen MR) is 85.3 cm³/mol. The summed E-state index contributed by atoms with van der Waals surface area (Å²) >= 11 is 0. The van der Waals surface area contributed by atoms with Gasteiger partial charge in [-0.05, 0) is 25.0 Å². The summed E-state index contributed by atoms with van der Waals surface area (Å²) in [6.07, 6.45) is -2.52. The third-order valence-electron chi connectivity index (χ3n) is 4.10. The number of pyridine rings is 1. The summed E-state index contributed by atoms with van der Waals surface area (Å²) in [7, 11) is 0. The maximum absolute atomic E-state index is 12.6. The van der Waals surface area contributed by atoms with Gasteiger partial charge in [0.05, 0.1) is 5.56 Å². The van der Waals surface area contributed by atoms with Crippen LogP contribution in [0.2, 0.25) is 0 Å². The molecule has 0 atom stereocenters. The fourth-order valence-corrected chi connectivity index (χ4v) is 2.48. The fourth-order valence-electron chi connectivity index (χ4n) is 2.48. The summed E-state index contributed by atoms with van der Waals surface area (Å²) in [5.41, 5.74) is 4.00. The molecule has 25 heavy (non-hydrogen) atoms. The van der Waals surface area contributed by atoms with Gasteiger partial charge < -0.3 is 4.90 Å². The second-order valence-corrected chi connectivity index (χ2v) is 6.30. The summed E-state index contributed by atoms with van der Waals surface area (Å²) in [6.45, 7) is 4.46. The predicted octanol–water partition coefficient (Wildman–Crippen LogP) is 2.12. The molecule has 1 saturated heterocycles. The first-order valence-corrected chi connectivity index (χ1v) is 8.06. The molecule has 1 aromatic rings. The van der Waals surface area contributed by atoms with Gasteiger partial charge in [0.2, 0.25) is 11.8 Å². The molecule has 9 heteroatoms. The van der Waals surface area contributed by atoms with E-state index in [0.29, 0.717) is 31.7 Å². The first kappa shape index (κ1) is 19.0. The van der Waals surface area contributed by atoms with Crippen LogP contribution in [-0.4, -0.2) is 29.9 Å². The Morgan fingerprint density at radius 2 is 1.84 bits per heavy atom. The van der Waals surface area contributed by atoms with Crippen molar-refractivity contribution in [2.45, 2.75) is 32.9 Å².